The Labute approximate surface area is 169 Å². The number of hydrogen-bond donors (Lipinski definition) is 1. The summed E-state index contributed by atoms with van der Waals surface area (Å²) in [5.74, 6) is 0. The Bertz CT molecular complexity index is 825. The lowest BCUT2D eigenvalue weighted by Gasteiger charge is -2.14. The molecule has 0 radical (unpaired) electrons. The second-order valence-corrected chi connectivity index (χ2v) is 8.05. The molecule has 2 fully saturated rings. The highest BCUT2D eigenvalue weighted by Crippen LogP contribution is 2.23. The Morgan fingerprint density at radius 2 is 1.89 bits per heavy atom. The quantitative estimate of drug-likeness (QED) is 0.725. The predicted molar refractivity (Wildman–Crippen MR) is 117 cm³/mol. The lowest BCUT2D eigenvalue weighted by molar-refractivity contribution is 0.377. The summed E-state index contributed by atoms with van der Waals surface area (Å²) in [7, 11) is 0. The minimum absolute atomic E-state index is 0.706. The molecule has 1 N–H and O–H groups in total. The van der Waals surface area contributed by atoms with Gasteiger partial charge in [-0.1, -0.05) is 48.0 Å². The number of benzene rings is 1. The van der Waals surface area contributed by atoms with E-state index < -0.39 is 0 Å². The van der Waals surface area contributed by atoms with Crippen LogP contribution in [0, 0.1) is 6.92 Å². The van der Waals surface area contributed by atoms with E-state index in [1.165, 1.54) is 55.5 Å². The molecule has 1 aliphatic carbocycles. The first-order valence-electron chi connectivity index (χ1n) is 10.6. The van der Waals surface area contributed by atoms with Crippen LogP contribution in [0.15, 0.2) is 60.8 Å². The number of pyridine rings is 1. The minimum Gasteiger partial charge on any atom is -0.388 e. The average molecular weight is 374 g/mol. The van der Waals surface area contributed by atoms with Gasteiger partial charge < -0.3 is 5.32 Å². The summed E-state index contributed by atoms with van der Waals surface area (Å²) in [6.07, 6.45) is 12.8. The van der Waals surface area contributed by atoms with Gasteiger partial charge in [0.1, 0.15) is 0 Å². The number of nitrogens with one attached hydrogen (secondary N) is 1. The second kappa shape index (κ2) is 9.20. The lowest BCUT2D eigenvalue weighted by Crippen LogP contribution is -2.19. The number of likely N-dealkylation sites (tertiary alicyclic amines) is 1. The molecule has 1 saturated heterocycles. The number of aromatic nitrogens is 1. The van der Waals surface area contributed by atoms with Crippen molar-refractivity contribution >= 4 is 5.57 Å². The van der Waals surface area contributed by atoms with Crippen molar-refractivity contribution in [1.29, 1.82) is 0 Å². The molecule has 146 valence electrons. The van der Waals surface area contributed by atoms with E-state index in [0.29, 0.717) is 6.04 Å². The Hall–Kier alpha value is -2.39. The highest BCUT2D eigenvalue weighted by molar-refractivity contribution is 5.78. The molecule has 1 aromatic heterocycles. The van der Waals surface area contributed by atoms with Crippen LogP contribution in [0.3, 0.4) is 0 Å². The van der Waals surface area contributed by atoms with Gasteiger partial charge in [-0.15, -0.1) is 0 Å². The standard InChI is InChI=1S/C25H31N3/c1-20-9-11-21(12-10-20)24(15-19-28-17-2-3-18-28)25-8-4-6-23(27-25)7-5-16-26-22-13-14-22/h4-6,8-12,15-16,22,26H,2-3,7,13-14,17-19H2,1H3. The average Bonchev–Trinajstić information content (AvgIpc) is 3.40. The number of hydrogen-bond acceptors (Lipinski definition) is 3. The zero-order valence-electron chi connectivity index (χ0n) is 16.9. The van der Waals surface area contributed by atoms with Gasteiger partial charge in [-0.25, -0.2) is 0 Å². The second-order valence-electron chi connectivity index (χ2n) is 8.05. The third kappa shape index (κ3) is 5.32. The first-order chi connectivity index (χ1) is 13.8. The van der Waals surface area contributed by atoms with E-state index >= 15 is 0 Å². The molecular weight excluding hydrogens is 342 g/mol. The lowest BCUT2D eigenvalue weighted by atomic mass is 10.00. The molecule has 3 nitrogen and oxygen atoms in total. The van der Waals surface area contributed by atoms with Gasteiger partial charge in [0, 0.05) is 30.3 Å². The maximum atomic E-state index is 4.98. The Balaban J connectivity index is 1.54. The molecule has 0 bridgehead atoms. The van der Waals surface area contributed by atoms with Crippen LogP contribution in [0.5, 0.6) is 0 Å². The van der Waals surface area contributed by atoms with Crippen LogP contribution in [0.4, 0.5) is 0 Å². The molecule has 28 heavy (non-hydrogen) atoms. The maximum Gasteiger partial charge on any atom is 0.0708 e. The van der Waals surface area contributed by atoms with Crippen LogP contribution in [0.2, 0.25) is 0 Å². The van der Waals surface area contributed by atoms with Crippen molar-refractivity contribution in [3.63, 3.8) is 0 Å². The molecule has 2 aromatic rings. The van der Waals surface area contributed by atoms with Crippen molar-refractivity contribution in [3.8, 4) is 0 Å². The van der Waals surface area contributed by atoms with Crippen molar-refractivity contribution < 1.29 is 0 Å². The summed E-state index contributed by atoms with van der Waals surface area (Å²) in [6, 6.07) is 15.9. The number of rotatable bonds is 8. The van der Waals surface area contributed by atoms with E-state index in [4.69, 9.17) is 4.98 Å². The Morgan fingerprint density at radius 1 is 1.11 bits per heavy atom. The Kier molecular flexibility index (Phi) is 6.23. The summed E-state index contributed by atoms with van der Waals surface area (Å²) in [4.78, 5) is 7.52. The van der Waals surface area contributed by atoms with Gasteiger partial charge in [-0.05, 0) is 69.6 Å². The molecule has 1 aromatic carbocycles. The van der Waals surface area contributed by atoms with Crippen LogP contribution in [0.25, 0.3) is 5.57 Å². The van der Waals surface area contributed by atoms with Crippen LogP contribution in [0.1, 0.15) is 48.2 Å². The molecule has 3 heteroatoms. The Morgan fingerprint density at radius 3 is 2.64 bits per heavy atom. The van der Waals surface area contributed by atoms with Gasteiger partial charge in [0.15, 0.2) is 0 Å². The van der Waals surface area contributed by atoms with Gasteiger partial charge in [0.25, 0.3) is 0 Å². The fourth-order valence-corrected chi connectivity index (χ4v) is 3.67. The summed E-state index contributed by atoms with van der Waals surface area (Å²) in [5.41, 5.74) is 5.97. The van der Waals surface area contributed by atoms with Crippen LogP contribution in [-0.4, -0.2) is 35.6 Å². The molecule has 4 rings (SSSR count). The van der Waals surface area contributed by atoms with Gasteiger partial charge in [-0.2, -0.15) is 0 Å². The van der Waals surface area contributed by atoms with Crippen molar-refractivity contribution in [2.45, 2.75) is 45.1 Å². The van der Waals surface area contributed by atoms with E-state index in [1.807, 2.05) is 0 Å². The van der Waals surface area contributed by atoms with E-state index in [1.54, 1.807) is 0 Å². The molecule has 0 unspecified atom stereocenters. The van der Waals surface area contributed by atoms with E-state index in [-0.39, 0.29) is 0 Å². The van der Waals surface area contributed by atoms with Crippen molar-refractivity contribution in [3.05, 3.63) is 83.3 Å². The molecule has 0 spiro atoms. The summed E-state index contributed by atoms with van der Waals surface area (Å²) < 4.78 is 0. The number of allylic oxidation sites excluding steroid dienone is 1. The van der Waals surface area contributed by atoms with E-state index in [2.05, 4.69) is 78.0 Å². The number of aryl methyl sites for hydroxylation is 1. The predicted octanol–water partition coefficient (Wildman–Crippen LogP) is 4.73. The normalized spacial score (nSPS) is 18.1. The highest BCUT2D eigenvalue weighted by Gasteiger charge is 2.18. The molecule has 1 saturated carbocycles. The first-order valence-corrected chi connectivity index (χ1v) is 10.6. The largest absolute Gasteiger partial charge is 0.388 e. The monoisotopic (exact) mass is 373 g/mol. The SMILES string of the molecule is Cc1ccc(C(=CCN2CCCC2)c2cccc(CC=CNC3CC3)n2)cc1. The third-order valence-electron chi connectivity index (χ3n) is 5.55. The molecule has 1 aliphatic heterocycles. The van der Waals surface area contributed by atoms with Crippen molar-refractivity contribution in [2.75, 3.05) is 19.6 Å². The zero-order valence-corrected chi connectivity index (χ0v) is 16.9. The molecule has 0 amide bonds. The topological polar surface area (TPSA) is 28.2 Å². The fraction of sp³-hybridized carbons (Fsp3) is 0.400. The van der Waals surface area contributed by atoms with Crippen molar-refractivity contribution in [1.82, 2.24) is 15.2 Å². The van der Waals surface area contributed by atoms with Crippen LogP contribution < -0.4 is 5.32 Å². The highest BCUT2D eigenvalue weighted by atomic mass is 15.1. The summed E-state index contributed by atoms with van der Waals surface area (Å²) in [6.45, 7) is 5.56. The molecule has 0 atom stereocenters. The van der Waals surface area contributed by atoms with E-state index in [9.17, 15) is 0 Å². The first kappa shape index (κ1) is 18.9. The van der Waals surface area contributed by atoms with Gasteiger partial charge in [0.05, 0.1) is 5.69 Å². The van der Waals surface area contributed by atoms with Crippen molar-refractivity contribution in [2.24, 2.45) is 0 Å². The maximum absolute atomic E-state index is 4.98. The van der Waals surface area contributed by atoms with Crippen LogP contribution >= 0.6 is 0 Å². The van der Waals surface area contributed by atoms with Gasteiger partial charge in [-0.3, -0.25) is 9.88 Å². The number of nitrogens with zero attached hydrogens (tertiary/aromatic N) is 2. The zero-order chi connectivity index (χ0) is 19.2. The summed E-state index contributed by atoms with van der Waals surface area (Å²) >= 11 is 0. The van der Waals surface area contributed by atoms with Gasteiger partial charge in [0.2, 0.25) is 0 Å². The summed E-state index contributed by atoms with van der Waals surface area (Å²) in [5, 5.41) is 3.42. The smallest absolute Gasteiger partial charge is 0.0708 e. The van der Waals surface area contributed by atoms with Gasteiger partial charge >= 0.3 is 0 Å². The minimum atomic E-state index is 0.706. The fourth-order valence-electron chi connectivity index (χ4n) is 3.67. The molecule has 2 heterocycles. The molecule has 2 aliphatic rings. The third-order valence-corrected chi connectivity index (χ3v) is 5.55. The van der Waals surface area contributed by atoms with E-state index in [0.717, 1.165) is 24.4 Å². The molecular formula is C25H31N3. The van der Waals surface area contributed by atoms with Crippen LogP contribution in [-0.2, 0) is 6.42 Å².